The van der Waals surface area contributed by atoms with Gasteiger partial charge >= 0.3 is 0 Å². The zero-order valence-corrected chi connectivity index (χ0v) is 10.8. The third-order valence-corrected chi connectivity index (χ3v) is 3.56. The Balaban J connectivity index is 2.02. The largest absolute Gasteiger partial charge is 0.341 e. The Morgan fingerprint density at radius 1 is 1.37 bits per heavy atom. The number of pyridine rings is 1. The SMILES string of the molecule is CN(CC1CC1)C(=O)c1cc(=O)[nH]c2ccccc12. The number of carbonyl (C=O) groups excluding carboxylic acids is 1. The highest BCUT2D eigenvalue weighted by atomic mass is 16.2. The minimum absolute atomic E-state index is 0.0748. The molecule has 1 N–H and O–H groups in total. The topological polar surface area (TPSA) is 53.2 Å². The van der Waals surface area contributed by atoms with Crippen molar-refractivity contribution in [3.63, 3.8) is 0 Å². The van der Waals surface area contributed by atoms with Gasteiger partial charge in [-0.1, -0.05) is 18.2 Å². The van der Waals surface area contributed by atoms with Crippen LogP contribution in [-0.2, 0) is 0 Å². The smallest absolute Gasteiger partial charge is 0.254 e. The number of hydrogen-bond donors (Lipinski definition) is 1. The fourth-order valence-electron chi connectivity index (χ4n) is 2.36. The number of para-hydroxylation sites is 1. The lowest BCUT2D eigenvalue weighted by Gasteiger charge is -2.17. The molecule has 1 saturated carbocycles. The van der Waals surface area contributed by atoms with E-state index in [0.717, 1.165) is 11.9 Å². The zero-order chi connectivity index (χ0) is 13.4. The third kappa shape index (κ3) is 2.38. The van der Waals surface area contributed by atoms with Gasteiger partial charge < -0.3 is 9.88 Å². The quantitative estimate of drug-likeness (QED) is 0.913. The average Bonchev–Trinajstić information content (AvgIpc) is 3.20. The molecule has 1 aliphatic carbocycles. The molecule has 3 rings (SSSR count). The van der Waals surface area contributed by atoms with Crippen LogP contribution in [-0.4, -0.2) is 29.4 Å². The van der Waals surface area contributed by atoms with Crippen molar-refractivity contribution >= 4 is 16.8 Å². The first kappa shape index (κ1) is 12.0. The number of hydrogen-bond acceptors (Lipinski definition) is 2. The second kappa shape index (κ2) is 4.53. The number of aromatic nitrogens is 1. The predicted molar refractivity (Wildman–Crippen MR) is 74.3 cm³/mol. The van der Waals surface area contributed by atoms with Crippen LogP contribution in [0.15, 0.2) is 35.1 Å². The summed E-state index contributed by atoms with van der Waals surface area (Å²) >= 11 is 0. The molecule has 1 heterocycles. The second-order valence-corrected chi connectivity index (χ2v) is 5.22. The summed E-state index contributed by atoms with van der Waals surface area (Å²) < 4.78 is 0. The van der Waals surface area contributed by atoms with Gasteiger partial charge in [-0.05, 0) is 24.8 Å². The van der Waals surface area contributed by atoms with Crippen molar-refractivity contribution < 1.29 is 4.79 Å². The van der Waals surface area contributed by atoms with Crippen molar-refractivity contribution in [2.24, 2.45) is 5.92 Å². The van der Waals surface area contributed by atoms with E-state index in [9.17, 15) is 9.59 Å². The summed E-state index contributed by atoms with van der Waals surface area (Å²) in [4.78, 5) is 28.6. The molecular weight excluding hydrogens is 240 g/mol. The van der Waals surface area contributed by atoms with Crippen LogP contribution < -0.4 is 5.56 Å². The summed E-state index contributed by atoms with van der Waals surface area (Å²) in [7, 11) is 1.80. The molecular formula is C15H16N2O2. The van der Waals surface area contributed by atoms with E-state index >= 15 is 0 Å². The van der Waals surface area contributed by atoms with Crippen LogP contribution >= 0.6 is 0 Å². The molecule has 0 unspecified atom stereocenters. The Morgan fingerprint density at radius 2 is 2.11 bits per heavy atom. The number of benzene rings is 1. The molecule has 98 valence electrons. The molecule has 1 aromatic carbocycles. The molecule has 0 bridgehead atoms. The van der Waals surface area contributed by atoms with Crippen LogP contribution in [0.2, 0.25) is 0 Å². The first-order valence-electron chi connectivity index (χ1n) is 6.52. The van der Waals surface area contributed by atoms with E-state index in [2.05, 4.69) is 4.98 Å². The van der Waals surface area contributed by atoms with Gasteiger partial charge in [0, 0.05) is 30.6 Å². The molecule has 1 aliphatic rings. The van der Waals surface area contributed by atoms with Gasteiger partial charge in [0.25, 0.3) is 5.91 Å². The van der Waals surface area contributed by atoms with Gasteiger partial charge in [-0.3, -0.25) is 9.59 Å². The van der Waals surface area contributed by atoms with Gasteiger partial charge in [0.05, 0.1) is 5.56 Å². The molecule has 4 nitrogen and oxygen atoms in total. The van der Waals surface area contributed by atoms with Crippen LogP contribution in [0.4, 0.5) is 0 Å². The van der Waals surface area contributed by atoms with E-state index in [-0.39, 0.29) is 11.5 Å². The molecule has 0 radical (unpaired) electrons. The molecule has 0 atom stereocenters. The monoisotopic (exact) mass is 256 g/mol. The van der Waals surface area contributed by atoms with Crippen molar-refractivity contribution in [3.05, 3.63) is 46.2 Å². The minimum Gasteiger partial charge on any atom is -0.341 e. The van der Waals surface area contributed by atoms with Crippen LogP contribution in [0.5, 0.6) is 0 Å². The maximum absolute atomic E-state index is 12.4. The Labute approximate surface area is 111 Å². The van der Waals surface area contributed by atoms with Gasteiger partial charge in [0.1, 0.15) is 0 Å². The van der Waals surface area contributed by atoms with Gasteiger partial charge in [-0.25, -0.2) is 0 Å². The maximum Gasteiger partial charge on any atom is 0.254 e. The second-order valence-electron chi connectivity index (χ2n) is 5.22. The molecule has 0 aliphatic heterocycles. The summed E-state index contributed by atoms with van der Waals surface area (Å²) in [5, 5.41) is 0.801. The zero-order valence-electron chi connectivity index (χ0n) is 10.8. The van der Waals surface area contributed by atoms with Crippen LogP contribution in [0.1, 0.15) is 23.2 Å². The van der Waals surface area contributed by atoms with Crippen molar-refractivity contribution in [3.8, 4) is 0 Å². The fourth-order valence-corrected chi connectivity index (χ4v) is 2.36. The Morgan fingerprint density at radius 3 is 2.84 bits per heavy atom. The Kier molecular flexibility index (Phi) is 2.85. The number of H-pyrrole nitrogens is 1. The summed E-state index contributed by atoms with van der Waals surface area (Å²) in [5.41, 5.74) is 0.961. The van der Waals surface area contributed by atoms with E-state index in [4.69, 9.17) is 0 Å². The Hall–Kier alpha value is -2.10. The fraction of sp³-hybridized carbons (Fsp3) is 0.333. The highest BCUT2D eigenvalue weighted by Gasteiger charge is 2.26. The number of nitrogens with zero attached hydrogens (tertiary/aromatic N) is 1. The van der Waals surface area contributed by atoms with Crippen LogP contribution in [0, 0.1) is 5.92 Å². The molecule has 1 fully saturated rings. The minimum atomic E-state index is -0.234. The molecule has 0 saturated heterocycles. The maximum atomic E-state index is 12.4. The number of carbonyl (C=O) groups is 1. The van der Waals surface area contributed by atoms with Crippen molar-refractivity contribution in [1.82, 2.24) is 9.88 Å². The van der Waals surface area contributed by atoms with E-state index in [1.807, 2.05) is 24.3 Å². The number of fused-ring (bicyclic) bond motifs is 1. The van der Waals surface area contributed by atoms with Crippen molar-refractivity contribution in [2.45, 2.75) is 12.8 Å². The number of nitrogens with one attached hydrogen (secondary N) is 1. The van der Waals surface area contributed by atoms with Crippen LogP contribution in [0.3, 0.4) is 0 Å². The molecule has 1 aromatic heterocycles. The van der Waals surface area contributed by atoms with Crippen molar-refractivity contribution in [2.75, 3.05) is 13.6 Å². The van der Waals surface area contributed by atoms with Crippen molar-refractivity contribution in [1.29, 1.82) is 0 Å². The molecule has 0 spiro atoms. The van der Waals surface area contributed by atoms with Gasteiger partial charge in [-0.2, -0.15) is 0 Å². The highest BCUT2D eigenvalue weighted by molar-refractivity contribution is 6.05. The standard InChI is InChI=1S/C15H16N2O2/c1-17(9-10-6-7-10)15(19)12-8-14(18)16-13-5-3-2-4-11(12)13/h2-5,8,10H,6-7,9H2,1H3,(H,16,18). The molecule has 19 heavy (non-hydrogen) atoms. The first-order valence-corrected chi connectivity index (χ1v) is 6.52. The number of aromatic amines is 1. The lowest BCUT2D eigenvalue weighted by Crippen LogP contribution is -2.29. The number of amides is 1. The predicted octanol–water partition coefficient (Wildman–Crippen LogP) is 2.01. The molecule has 2 aromatic rings. The Bertz CT molecular complexity index is 686. The lowest BCUT2D eigenvalue weighted by molar-refractivity contribution is 0.0790. The average molecular weight is 256 g/mol. The molecule has 4 heteroatoms. The summed E-state index contributed by atoms with van der Waals surface area (Å²) in [6.45, 7) is 0.778. The van der Waals surface area contributed by atoms with Gasteiger partial charge in [-0.15, -0.1) is 0 Å². The van der Waals surface area contributed by atoms with E-state index in [1.165, 1.54) is 18.9 Å². The van der Waals surface area contributed by atoms with E-state index < -0.39 is 0 Å². The van der Waals surface area contributed by atoms with Crippen LogP contribution in [0.25, 0.3) is 10.9 Å². The highest BCUT2D eigenvalue weighted by Crippen LogP contribution is 2.29. The van der Waals surface area contributed by atoms with Gasteiger partial charge in [0.2, 0.25) is 5.56 Å². The summed E-state index contributed by atoms with van der Waals surface area (Å²) in [6.07, 6.45) is 2.40. The normalized spacial score (nSPS) is 14.6. The van der Waals surface area contributed by atoms with E-state index in [1.54, 1.807) is 11.9 Å². The summed E-state index contributed by atoms with van der Waals surface area (Å²) in [5.74, 6) is 0.566. The van der Waals surface area contributed by atoms with E-state index in [0.29, 0.717) is 17.0 Å². The third-order valence-electron chi connectivity index (χ3n) is 3.56. The summed E-state index contributed by atoms with van der Waals surface area (Å²) in [6, 6.07) is 8.80. The number of rotatable bonds is 3. The first-order chi connectivity index (χ1) is 9.15. The lowest BCUT2D eigenvalue weighted by atomic mass is 10.1. The molecule has 1 amide bonds. The van der Waals surface area contributed by atoms with Gasteiger partial charge in [0.15, 0.2) is 0 Å².